The fourth-order valence-electron chi connectivity index (χ4n) is 4.22. The number of aliphatic hydroxyl groups is 1. The van der Waals surface area contributed by atoms with E-state index in [9.17, 15) is 9.90 Å². The number of carbonyl (C=O) groups is 1. The Morgan fingerprint density at radius 1 is 1.12 bits per heavy atom. The van der Waals surface area contributed by atoms with Crippen molar-refractivity contribution >= 4 is 14.4 Å². The van der Waals surface area contributed by atoms with Gasteiger partial charge in [-0.1, -0.05) is 41.5 Å². The van der Waals surface area contributed by atoms with Gasteiger partial charge in [-0.15, -0.1) is 0 Å². The molecule has 1 saturated heterocycles. The van der Waals surface area contributed by atoms with Crippen LogP contribution in [0.5, 0.6) is 0 Å². The van der Waals surface area contributed by atoms with E-state index in [1.54, 1.807) is 4.90 Å². The molecule has 1 unspecified atom stereocenters. The van der Waals surface area contributed by atoms with Crippen LogP contribution >= 0.6 is 0 Å². The second-order valence-corrected chi connectivity index (χ2v) is 14.9. The third-order valence-electron chi connectivity index (χ3n) is 5.28. The van der Waals surface area contributed by atoms with Gasteiger partial charge < -0.3 is 19.2 Å². The van der Waals surface area contributed by atoms with Gasteiger partial charge in [-0.25, -0.2) is 4.79 Å². The van der Waals surface area contributed by atoms with Crippen LogP contribution in [0.15, 0.2) is 0 Å². The molecule has 1 amide bonds. The number of likely N-dealkylation sites (tertiary alicyclic amines) is 1. The van der Waals surface area contributed by atoms with E-state index in [-0.39, 0.29) is 12.6 Å². The van der Waals surface area contributed by atoms with E-state index in [1.165, 1.54) is 0 Å². The van der Waals surface area contributed by atoms with Crippen LogP contribution in [0.4, 0.5) is 4.79 Å². The standard InChI is InChI=1S/C19H39NO4Si/c1-14(2)25(15(3)4,16(5)6)23-13-19(22)10-11-20(12-19)17(21)24-18(7,8)9/h14-16,22H,10-13H2,1-9H3. The fraction of sp³-hybridized carbons (Fsp3) is 0.947. The van der Waals surface area contributed by atoms with Gasteiger partial charge in [0.25, 0.3) is 0 Å². The van der Waals surface area contributed by atoms with Gasteiger partial charge in [0, 0.05) is 6.54 Å². The number of ether oxygens (including phenoxy) is 1. The van der Waals surface area contributed by atoms with Crippen molar-refractivity contribution in [1.29, 1.82) is 0 Å². The van der Waals surface area contributed by atoms with Crippen LogP contribution in [-0.4, -0.2) is 55.3 Å². The van der Waals surface area contributed by atoms with E-state index in [2.05, 4.69) is 41.5 Å². The minimum Gasteiger partial charge on any atom is -0.444 e. The molecule has 148 valence electrons. The molecule has 1 aliphatic rings. The summed E-state index contributed by atoms with van der Waals surface area (Å²) in [6.07, 6.45) is 0.175. The van der Waals surface area contributed by atoms with E-state index in [1.807, 2.05) is 20.8 Å². The van der Waals surface area contributed by atoms with Gasteiger partial charge in [0.1, 0.15) is 11.2 Å². The normalized spacial score (nSPS) is 22.4. The molecule has 0 aliphatic carbocycles. The predicted molar refractivity (Wildman–Crippen MR) is 104 cm³/mol. The van der Waals surface area contributed by atoms with Crippen molar-refractivity contribution in [2.24, 2.45) is 0 Å². The maximum absolute atomic E-state index is 12.2. The summed E-state index contributed by atoms with van der Waals surface area (Å²) < 4.78 is 12.0. The molecule has 0 bridgehead atoms. The lowest BCUT2D eigenvalue weighted by Crippen LogP contribution is -2.52. The lowest BCUT2D eigenvalue weighted by atomic mass is 10.1. The van der Waals surface area contributed by atoms with E-state index in [4.69, 9.17) is 9.16 Å². The lowest BCUT2D eigenvalue weighted by Gasteiger charge is -2.43. The van der Waals surface area contributed by atoms with Crippen molar-refractivity contribution in [2.45, 2.75) is 96.6 Å². The Balaban J connectivity index is 2.78. The zero-order chi connectivity index (χ0) is 19.6. The first-order valence-electron chi connectivity index (χ1n) is 9.58. The van der Waals surface area contributed by atoms with Crippen molar-refractivity contribution in [2.75, 3.05) is 19.7 Å². The molecule has 0 aromatic rings. The monoisotopic (exact) mass is 373 g/mol. The topological polar surface area (TPSA) is 59.0 Å². The number of amides is 1. The Bertz CT molecular complexity index is 437. The molecule has 1 aliphatic heterocycles. The Morgan fingerprint density at radius 3 is 2.00 bits per heavy atom. The van der Waals surface area contributed by atoms with Gasteiger partial charge in [0.05, 0.1) is 13.2 Å². The van der Waals surface area contributed by atoms with Crippen molar-refractivity contribution in [3.05, 3.63) is 0 Å². The number of carbonyl (C=O) groups excluding carboxylic acids is 1. The van der Waals surface area contributed by atoms with Crippen LogP contribution in [0, 0.1) is 0 Å². The van der Waals surface area contributed by atoms with Gasteiger partial charge >= 0.3 is 6.09 Å². The van der Waals surface area contributed by atoms with Gasteiger partial charge in [0.2, 0.25) is 0 Å². The van der Waals surface area contributed by atoms with Crippen LogP contribution in [0.25, 0.3) is 0 Å². The average Bonchev–Trinajstić information content (AvgIpc) is 2.79. The number of hydrogen-bond acceptors (Lipinski definition) is 4. The SMILES string of the molecule is CC(C)[Si](OCC1(O)CCN(C(=O)OC(C)(C)C)C1)(C(C)C)C(C)C. The minimum absolute atomic E-state index is 0.278. The van der Waals surface area contributed by atoms with E-state index >= 15 is 0 Å². The molecule has 1 heterocycles. The van der Waals surface area contributed by atoms with E-state index < -0.39 is 19.5 Å². The maximum atomic E-state index is 12.2. The van der Waals surface area contributed by atoms with E-state index in [0.717, 1.165) is 0 Å². The van der Waals surface area contributed by atoms with Gasteiger partial charge in [-0.05, 0) is 43.8 Å². The van der Waals surface area contributed by atoms with E-state index in [0.29, 0.717) is 36.2 Å². The highest BCUT2D eigenvalue weighted by Gasteiger charge is 2.48. The molecule has 0 aromatic heterocycles. The predicted octanol–water partition coefficient (Wildman–Crippen LogP) is 4.55. The highest BCUT2D eigenvalue weighted by molar-refractivity contribution is 6.77. The molecule has 1 rings (SSSR count). The first-order chi connectivity index (χ1) is 11.2. The molecular formula is C19H39NO4Si. The summed E-state index contributed by atoms with van der Waals surface area (Å²) in [6.45, 7) is 20.0. The molecular weight excluding hydrogens is 334 g/mol. The summed E-state index contributed by atoms with van der Waals surface area (Å²) in [5.41, 5.74) is -0.0877. The van der Waals surface area contributed by atoms with Crippen LogP contribution < -0.4 is 0 Å². The van der Waals surface area contributed by atoms with Crippen molar-refractivity contribution in [3.8, 4) is 0 Å². The third kappa shape index (κ3) is 5.44. The zero-order valence-electron chi connectivity index (χ0n) is 17.7. The van der Waals surface area contributed by atoms with Gasteiger partial charge in [0.15, 0.2) is 8.32 Å². The highest BCUT2D eigenvalue weighted by atomic mass is 28.4. The van der Waals surface area contributed by atoms with Crippen LogP contribution in [0.3, 0.4) is 0 Å². The number of nitrogens with zero attached hydrogens (tertiary/aromatic N) is 1. The number of β-amino-alcohol motifs (C(OH)–C–C–N with tert-alkyl or cyclic N) is 1. The summed E-state index contributed by atoms with van der Waals surface area (Å²) in [4.78, 5) is 13.8. The van der Waals surface area contributed by atoms with Crippen molar-refractivity contribution in [1.82, 2.24) is 4.90 Å². The molecule has 1 atom stereocenters. The molecule has 0 radical (unpaired) electrons. The Kier molecular flexibility index (Phi) is 7.15. The van der Waals surface area contributed by atoms with Gasteiger partial charge in [-0.3, -0.25) is 0 Å². The summed E-state index contributed by atoms with van der Waals surface area (Å²) in [7, 11) is -2.02. The quantitative estimate of drug-likeness (QED) is 0.694. The average molecular weight is 374 g/mol. The Hall–Kier alpha value is -0.593. The largest absolute Gasteiger partial charge is 0.444 e. The zero-order valence-corrected chi connectivity index (χ0v) is 18.7. The fourth-order valence-corrected chi connectivity index (χ4v) is 9.73. The molecule has 0 spiro atoms. The molecule has 5 nitrogen and oxygen atoms in total. The third-order valence-corrected chi connectivity index (χ3v) is 11.3. The summed E-state index contributed by atoms with van der Waals surface area (Å²) in [5.74, 6) is 0. The first kappa shape index (κ1) is 22.4. The van der Waals surface area contributed by atoms with Gasteiger partial charge in [-0.2, -0.15) is 0 Å². The summed E-state index contributed by atoms with van der Waals surface area (Å²) in [5, 5.41) is 11.0. The minimum atomic E-state index is -2.02. The smallest absolute Gasteiger partial charge is 0.410 e. The molecule has 6 heteroatoms. The molecule has 1 fully saturated rings. The molecule has 1 N–H and O–H groups in total. The first-order valence-corrected chi connectivity index (χ1v) is 11.7. The molecule has 0 saturated carbocycles. The summed E-state index contributed by atoms with van der Waals surface area (Å²) >= 11 is 0. The Labute approximate surface area is 155 Å². The second kappa shape index (κ2) is 7.97. The molecule has 0 aromatic carbocycles. The highest BCUT2D eigenvalue weighted by Crippen LogP contribution is 2.43. The van der Waals surface area contributed by atoms with Crippen molar-refractivity contribution in [3.63, 3.8) is 0 Å². The molecule has 25 heavy (non-hydrogen) atoms. The Morgan fingerprint density at radius 2 is 1.60 bits per heavy atom. The lowest BCUT2D eigenvalue weighted by molar-refractivity contribution is -0.00973. The van der Waals surface area contributed by atoms with Crippen LogP contribution in [0.1, 0.15) is 68.7 Å². The summed E-state index contributed by atoms with van der Waals surface area (Å²) in [6, 6.07) is 0. The van der Waals surface area contributed by atoms with Crippen LogP contribution in [-0.2, 0) is 9.16 Å². The maximum Gasteiger partial charge on any atom is 0.410 e. The number of hydrogen-bond donors (Lipinski definition) is 1. The van der Waals surface area contributed by atoms with Crippen LogP contribution in [0.2, 0.25) is 16.6 Å². The second-order valence-electron chi connectivity index (χ2n) is 9.48. The number of rotatable bonds is 6. The van der Waals surface area contributed by atoms with Crippen molar-refractivity contribution < 1.29 is 19.1 Å².